The van der Waals surface area contributed by atoms with Crippen molar-refractivity contribution < 1.29 is 5.21 Å². The molecule has 6 heteroatoms. The molecule has 0 atom stereocenters. The van der Waals surface area contributed by atoms with E-state index in [-0.39, 0.29) is 5.92 Å². The molecule has 1 saturated heterocycles. The number of anilines is 1. The van der Waals surface area contributed by atoms with Crippen molar-refractivity contribution in [3.63, 3.8) is 0 Å². The van der Waals surface area contributed by atoms with E-state index in [2.05, 4.69) is 20.0 Å². The molecule has 0 bridgehead atoms. The summed E-state index contributed by atoms with van der Waals surface area (Å²) in [5, 5.41) is 11.7. The number of rotatable bonds is 2. The van der Waals surface area contributed by atoms with Crippen LogP contribution in [0.2, 0.25) is 0 Å². The molecule has 1 aromatic heterocycles. The zero-order valence-electron chi connectivity index (χ0n) is 8.95. The molecule has 0 radical (unpaired) electrons. The number of hydrogen-bond acceptors (Lipinski definition) is 5. The zero-order valence-corrected chi connectivity index (χ0v) is 8.95. The van der Waals surface area contributed by atoms with Crippen LogP contribution in [-0.4, -0.2) is 34.1 Å². The van der Waals surface area contributed by atoms with Gasteiger partial charge in [-0.3, -0.25) is 4.98 Å². The second-order valence-corrected chi connectivity index (χ2v) is 3.85. The topological polar surface area (TPSA) is 87.6 Å². The lowest BCUT2D eigenvalue weighted by molar-refractivity contribution is 0.311. The molecule has 2 rings (SSSR count). The molecule has 0 saturated carbocycles. The monoisotopic (exact) mass is 221 g/mol. The first-order valence-corrected chi connectivity index (χ1v) is 5.29. The average Bonchev–Trinajstić information content (AvgIpc) is 2.39. The predicted octanol–water partition coefficient (Wildman–Crippen LogP) is 0.439. The second kappa shape index (κ2) is 4.78. The third-order valence-corrected chi connectivity index (χ3v) is 2.90. The summed E-state index contributed by atoms with van der Waals surface area (Å²) in [4.78, 5) is 10.4. The van der Waals surface area contributed by atoms with Crippen LogP contribution in [0.3, 0.4) is 0 Å². The van der Waals surface area contributed by atoms with Crippen molar-refractivity contribution in [2.24, 2.45) is 16.8 Å². The lowest BCUT2D eigenvalue weighted by Gasteiger charge is -2.31. The number of nitrogens with zero attached hydrogens (tertiary/aromatic N) is 4. The average molecular weight is 221 g/mol. The van der Waals surface area contributed by atoms with Crippen molar-refractivity contribution in [2.75, 3.05) is 18.0 Å². The SMILES string of the molecule is NC(=NO)C1CCN(c2cnccn2)CC1. The molecular formula is C10H15N5O. The van der Waals surface area contributed by atoms with Crippen molar-refractivity contribution in [1.29, 1.82) is 0 Å². The maximum absolute atomic E-state index is 8.60. The minimum Gasteiger partial charge on any atom is -0.409 e. The van der Waals surface area contributed by atoms with Crippen molar-refractivity contribution in [3.8, 4) is 0 Å². The third kappa shape index (κ3) is 2.21. The fourth-order valence-corrected chi connectivity index (χ4v) is 1.94. The maximum atomic E-state index is 8.60. The van der Waals surface area contributed by atoms with Crippen LogP contribution in [0, 0.1) is 5.92 Å². The number of nitrogens with two attached hydrogens (primary N) is 1. The van der Waals surface area contributed by atoms with Gasteiger partial charge in [-0.1, -0.05) is 5.16 Å². The Balaban J connectivity index is 1.96. The first kappa shape index (κ1) is 10.7. The predicted molar refractivity (Wildman–Crippen MR) is 60.4 cm³/mol. The Labute approximate surface area is 93.8 Å². The molecule has 2 heterocycles. The summed E-state index contributed by atoms with van der Waals surface area (Å²) in [6.45, 7) is 1.72. The van der Waals surface area contributed by atoms with E-state index in [0.29, 0.717) is 5.84 Å². The van der Waals surface area contributed by atoms with Crippen molar-refractivity contribution in [1.82, 2.24) is 9.97 Å². The Morgan fingerprint density at radius 1 is 1.44 bits per heavy atom. The van der Waals surface area contributed by atoms with Gasteiger partial charge >= 0.3 is 0 Å². The number of amidine groups is 1. The Hall–Kier alpha value is -1.85. The first-order valence-electron chi connectivity index (χ1n) is 5.29. The molecule has 0 spiro atoms. The Bertz CT molecular complexity index is 359. The summed E-state index contributed by atoms with van der Waals surface area (Å²) in [6.07, 6.45) is 6.86. The molecule has 1 aromatic rings. The molecule has 6 nitrogen and oxygen atoms in total. The van der Waals surface area contributed by atoms with E-state index in [1.54, 1.807) is 18.6 Å². The molecule has 16 heavy (non-hydrogen) atoms. The number of hydrogen-bond donors (Lipinski definition) is 2. The smallest absolute Gasteiger partial charge is 0.147 e. The van der Waals surface area contributed by atoms with Gasteiger partial charge in [0.25, 0.3) is 0 Å². The second-order valence-electron chi connectivity index (χ2n) is 3.85. The zero-order chi connectivity index (χ0) is 11.4. The van der Waals surface area contributed by atoms with Gasteiger partial charge < -0.3 is 15.8 Å². The fraction of sp³-hybridized carbons (Fsp3) is 0.500. The summed E-state index contributed by atoms with van der Waals surface area (Å²) >= 11 is 0. The normalized spacial score (nSPS) is 18.8. The summed E-state index contributed by atoms with van der Waals surface area (Å²) < 4.78 is 0. The van der Waals surface area contributed by atoms with E-state index < -0.39 is 0 Å². The van der Waals surface area contributed by atoms with Crippen LogP contribution in [0.5, 0.6) is 0 Å². The Morgan fingerprint density at radius 3 is 2.75 bits per heavy atom. The van der Waals surface area contributed by atoms with E-state index >= 15 is 0 Å². The number of oxime groups is 1. The number of aromatic nitrogens is 2. The number of piperidine rings is 1. The highest BCUT2D eigenvalue weighted by Gasteiger charge is 2.22. The van der Waals surface area contributed by atoms with Crippen LogP contribution in [0.4, 0.5) is 5.82 Å². The third-order valence-electron chi connectivity index (χ3n) is 2.90. The van der Waals surface area contributed by atoms with Gasteiger partial charge in [-0.25, -0.2) is 4.98 Å². The maximum Gasteiger partial charge on any atom is 0.147 e. The van der Waals surface area contributed by atoms with E-state index in [4.69, 9.17) is 10.9 Å². The lowest BCUT2D eigenvalue weighted by Crippen LogP contribution is -2.39. The summed E-state index contributed by atoms with van der Waals surface area (Å²) in [6, 6.07) is 0. The quantitative estimate of drug-likeness (QED) is 0.327. The first-order chi connectivity index (χ1) is 7.81. The van der Waals surface area contributed by atoms with Crippen molar-refractivity contribution in [2.45, 2.75) is 12.8 Å². The molecule has 0 amide bonds. The fourth-order valence-electron chi connectivity index (χ4n) is 1.94. The minimum atomic E-state index is 0.179. The van der Waals surface area contributed by atoms with Gasteiger partial charge in [0.05, 0.1) is 6.20 Å². The molecule has 3 N–H and O–H groups in total. The van der Waals surface area contributed by atoms with E-state index in [9.17, 15) is 0 Å². The van der Waals surface area contributed by atoms with E-state index in [0.717, 1.165) is 31.7 Å². The van der Waals surface area contributed by atoms with E-state index in [1.807, 2.05) is 0 Å². The molecule has 1 aliphatic rings. The molecular weight excluding hydrogens is 206 g/mol. The summed E-state index contributed by atoms with van der Waals surface area (Å²) in [5.41, 5.74) is 5.59. The van der Waals surface area contributed by atoms with E-state index in [1.165, 1.54) is 0 Å². The molecule has 0 aromatic carbocycles. The summed E-state index contributed by atoms with van der Waals surface area (Å²) in [7, 11) is 0. The van der Waals surface area contributed by atoms with Gasteiger partial charge in [-0.15, -0.1) is 0 Å². The highest BCUT2D eigenvalue weighted by atomic mass is 16.4. The van der Waals surface area contributed by atoms with Crippen LogP contribution >= 0.6 is 0 Å². The highest BCUT2D eigenvalue weighted by Crippen LogP contribution is 2.20. The van der Waals surface area contributed by atoms with Crippen LogP contribution in [0.15, 0.2) is 23.7 Å². The van der Waals surface area contributed by atoms with Crippen molar-refractivity contribution in [3.05, 3.63) is 18.6 Å². The van der Waals surface area contributed by atoms with Crippen LogP contribution in [0.25, 0.3) is 0 Å². The molecule has 0 aliphatic carbocycles. The molecule has 1 fully saturated rings. The van der Waals surface area contributed by atoms with Crippen LogP contribution in [-0.2, 0) is 0 Å². The van der Waals surface area contributed by atoms with Gasteiger partial charge in [-0.2, -0.15) is 0 Å². The van der Waals surface area contributed by atoms with Crippen LogP contribution in [0.1, 0.15) is 12.8 Å². The van der Waals surface area contributed by atoms with Gasteiger partial charge in [0.15, 0.2) is 0 Å². The minimum absolute atomic E-state index is 0.179. The largest absolute Gasteiger partial charge is 0.409 e. The van der Waals surface area contributed by atoms with Gasteiger partial charge in [0.1, 0.15) is 11.7 Å². The standard InChI is InChI=1S/C10H15N5O/c11-10(14-16)8-1-5-15(6-2-8)9-7-12-3-4-13-9/h3-4,7-8,16H,1-2,5-6H2,(H2,11,14). The Morgan fingerprint density at radius 2 is 2.19 bits per heavy atom. The van der Waals surface area contributed by atoms with Crippen LogP contribution < -0.4 is 10.6 Å². The summed E-state index contributed by atoms with van der Waals surface area (Å²) in [5.74, 6) is 1.40. The van der Waals surface area contributed by atoms with Gasteiger partial charge in [0, 0.05) is 31.4 Å². The molecule has 86 valence electrons. The van der Waals surface area contributed by atoms with Gasteiger partial charge in [-0.05, 0) is 12.8 Å². The molecule has 1 aliphatic heterocycles. The Kier molecular flexibility index (Phi) is 3.19. The lowest BCUT2D eigenvalue weighted by atomic mass is 9.96. The van der Waals surface area contributed by atoms with Crippen molar-refractivity contribution >= 4 is 11.7 Å². The van der Waals surface area contributed by atoms with Gasteiger partial charge in [0.2, 0.25) is 0 Å². The molecule has 0 unspecified atom stereocenters. The highest BCUT2D eigenvalue weighted by molar-refractivity contribution is 5.82.